The van der Waals surface area contributed by atoms with Gasteiger partial charge in [0.25, 0.3) is 0 Å². The number of aliphatic hydroxyl groups excluding tert-OH is 1. The van der Waals surface area contributed by atoms with E-state index in [0.29, 0.717) is 12.4 Å². The molecule has 2 heterocycles. The Morgan fingerprint density at radius 3 is 2.55 bits per heavy atom. The molecule has 1 unspecified atom stereocenters. The highest BCUT2D eigenvalue weighted by molar-refractivity contribution is 5.88. The van der Waals surface area contributed by atoms with Crippen LogP contribution in [0, 0.1) is 0 Å². The number of fused-ring (bicyclic) bond motifs is 1. The maximum absolute atomic E-state index is 10.5. The number of β-amino-alcohol motifs (C(OH)–C–C–N with tert-alkyl or cyclic N) is 1. The molecule has 2 aromatic carbocycles. The van der Waals surface area contributed by atoms with Crippen molar-refractivity contribution in [1.82, 2.24) is 14.8 Å². The first-order valence-electron chi connectivity index (χ1n) is 10.8. The Bertz CT molecular complexity index is 1040. The number of rotatable bonds is 6. The second-order valence-electron chi connectivity index (χ2n) is 9.13. The van der Waals surface area contributed by atoms with E-state index in [4.69, 9.17) is 10.5 Å². The summed E-state index contributed by atoms with van der Waals surface area (Å²) in [5, 5.41) is 12.7. The second-order valence-corrected chi connectivity index (χ2v) is 9.13. The molecule has 0 amide bonds. The summed E-state index contributed by atoms with van der Waals surface area (Å²) in [7, 11) is 2.16. The molecule has 1 aromatic heterocycles. The highest BCUT2D eigenvalue weighted by Gasteiger charge is 2.31. The molecule has 0 radical (unpaired) electrons. The van der Waals surface area contributed by atoms with Gasteiger partial charge < -0.3 is 15.6 Å². The standard InChI is InChI=1S/C25H32N4O2/c1-25(2)17-29(11-10-28(25)3)15-22(30)16-31-23-8-6-18-12-19(4-5-20(18)13-23)21-7-9-24(26)27-14-21/h4-9,12-14,22,30H,10-11,15-17H2,1-3H3,(H2,26,27). The lowest BCUT2D eigenvalue weighted by molar-refractivity contribution is 0.00395. The van der Waals surface area contributed by atoms with E-state index < -0.39 is 6.10 Å². The van der Waals surface area contributed by atoms with E-state index in [9.17, 15) is 5.11 Å². The second kappa shape index (κ2) is 8.83. The lowest BCUT2D eigenvalue weighted by Crippen LogP contribution is -2.58. The molecule has 0 aliphatic carbocycles. The van der Waals surface area contributed by atoms with Gasteiger partial charge in [0.2, 0.25) is 0 Å². The van der Waals surface area contributed by atoms with Crippen molar-refractivity contribution in [2.75, 3.05) is 45.6 Å². The van der Waals surface area contributed by atoms with E-state index >= 15 is 0 Å². The van der Waals surface area contributed by atoms with E-state index in [0.717, 1.165) is 47.3 Å². The zero-order valence-electron chi connectivity index (χ0n) is 18.6. The summed E-state index contributed by atoms with van der Waals surface area (Å²) in [5.41, 5.74) is 7.94. The van der Waals surface area contributed by atoms with E-state index in [-0.39, 0.29) is 12.1 Å². The maximum Gasteiger partial charge on any atom is 0.123 e. The van der Waals surface area contributed by atoms with Gasteiger partial charge in [-0.1, -0.05) is 18.2 Å². The van der Waals surface area contributed by atoms with Crippen LogP contribution >= 0.6 is 0 Å². The molecule has 1 atom stereocenters. The SMILES string of the molecule is CN1CCN(CC(O)COc2ccc3cc(-c4ccc(N)nc4)ccc3c2)CC1(C)C. The number of hydrogen-bond acceptors (Lipinski definition) is 6. The molecule has 4 rings (SSSR count). The van der Waals surface area contributed by atoms with Crippen molar-refractivity contribution in [3.63, 3.8) is 0 Å². The molecule has 0 bridgehead atoms. The fraction of sp³-hybridized carbons (Fsp3) is 0.400. The van der Waals surface area contributed by atoms with Crippen LogP contribution in [-0.4, -0.2) is 71.4 Å². The largest absolute Gasteiger partial charge is 0.491 e. The molecular weight excluding hydrogens is 388 g/mol. The number of likely N-dealkylation sites (N-methyl/N-ethyl adjacent to an activating group) is 1. The Hall–Kier alpha value is -2.67. The van der Waals surface area contributed by atoms with Crippen LogP contribution in [0.4, 0.5) is 5.82 Å². The number of aromatic nitrogens is 1. The maximum atomic E-state index is 10.5. The number of nitrogens with two attached hydrogens (primary N) is 1. The van der Waals surface area contributed by atoms with Gasteiger partial charge in [0.05, 0.1) is 0 Å². The Morgan fingerprint density at radius 1 is 1.06 bits per heavy atom. The van der Waals surface area contributed by atoms with Crippen molar-refractivity contribution in [1.29, 1.82) is 0 Å². The first-order chi connectivity index (χ1) is 14.8. The van der Waals surface area contributed by atoms with Crippen molar-refractivity contribution in [2.45, 2.75) is 25.5 Å². The van der Waals surface area contributed by atoms with E-state index in [1.165, 1.54) is 0 Å². The van der Waals surface area contributed by atoms with Crippen LogP contribution in [-0.2, 0) is 0 Å². The molecule has 6 heteroatoms. The van der Waals surface area contributed by atoms with Crippen LogP contribution in [0.1, 0.15) is 13.8 Å². The minimum absolute atomic E-state index is 0.123. The third-order valence-corrected chi connectivity index (χ3v) is 6.24. The van der Waals surface area contributed by atoms with Crippen LogP contribution in [0.15, 0.2) is 54.7 Å². The van der Waals surface area contributed by atoms with Gasteiger partial charge in [0.1, 0.15) is 24.3 Å². The molecule has 1 aliphatic heterocycles. The first-order valence-corrected chi connectivity index (χ1v) is 10.8. The van der Waals surface area contributed by atoms with Gasteiger partial charge in [-0.2, -0.15) is 0 Å². The van der Waals surface area contributed by atoms with Crippen LogP contribution in [0.5, 0.6) is 5.75 Å². The smallest absolute Gasteiger partial charge is 0.123 e. The molecule has 1 aliphatic rings. The topological polar surface area (TPSA) is 74.8 Å². The highest BCUT2D eigenvalue weighted by atomic mass is 16.5. The molecule has 1 saturated heterocycles. The van der Waals surface area contributed by atoms with Crippen molar-refractivity contribution < 1.29 is 9.84 Å². The quantitative estimate of drug-likeness (QED) is 0.638. The molecule has 31 heavy (non-hydrogen) atoms. The number of benzene rings is 2. The minimum Gasteiger partial charge on any atom is -0.491 e. The summed E-state index contributed by atoms with van der Waals surface area (Å²) in [6.45, 7) is 8.33. The third kappa shape index (κ3) is 5.15. The summed E-state index contributed by atoms with van der Waals surface area (Å²) in [6, 6.07) is 16.1. The Balaban J connectivity index is 1.36. The fourth-order valence-corrected chi connectivity index (χ4v) is 4.11. The number of anilines is 1. The van der Waals surface area contributed by atoms with Crippen molar-refractivity contribution >= 4 is 16.6 Å². The molecule has 3 aromatic rings. The van der Waals surface area contributed by atoms with Crippen molar-refractivity contribution in [3.05, 3.63) is 54.7 Å². The van der Waals surface area contributed by atoms with Crippen LogP contribution in [0.25, 0.3) is 21.9 Å². The van der Waals surface area contributed by atoms with Crippen LogP contribution < -0.4 is 10.5 Å². The molecule has 3 N–H and O–H groups in total. The molecule has 0 saturated carbocycles. The van der Waals surface area contributed by atoms with Gasteiger partial charge in [-0.05, 0) is 67.6 Å². The first kappa shape index (κ1) is 21.6. The highest BCUT2D eigenvalue weighted by Crippen LogP contribution is 2.27. The molecule has 1 fully saturated rings. The van der Waals surface area contributed by atoms with Gasteiger partial charge in [0.15, 0.2) is 0 Å². The third-order valence-electron chi connectivity index (χ3n) is 6.24. The zero-order chi connectivity index (χ0) is 22.0. The van der Waals surface area contributed by atoms with Gasteiger partial charge in [0, 0.05) is 43.5 Å². The number of ether oxygens (including phenoxy) is 1. The Morgan fingerprint density at radius 2 is 1.81 bits per heavy atom. The molecule has 6 nitrogen and oxygen atoms in total. The van der Waals surface area contributed by atoms with Gasteiger partial charge >= 0.3 is 0 Å². The monoisotopic (exact) mass is 420 g/mol. The Labute approximate surface area is 184 Å². The predicted molar refractivity (Wildman–Crippen MR) is 126 cm³/mol. The number of nitrogens with zero attached hydrogens (tertiary/aromatic N) is 3. The van der Waals surface area contributed by atoms with Gasteiger partial charge in [-0.3, -0.25) is 9.80 Å². The predicted octanol–water partition coefficient (Wildman–Crippen LogP) is 3.25. The molecular formula is C25H32N4O2. The summed E-state index contributed by atoms with van der Waals surface area (Å²) >= 11 is 0. The summed E-state index contributed by atoms with van der Waals surface area (Å²) in [4.78, 5) is 8.87. The number of pyridine rings is 1. The average Bonchev–Trinajstić information content (AvgIpc) is 2.75. The van der Waals surface area contributed by atoms with Crippen molar-refractivity contribution in [3.8, 4) is 16.9 Å². The van der Waals surface area contributed by atoms with Crippen molar-refractivity contribution in [2.24, 2.45) is 0 Å². The summed E-state index contributed by atoms with van der Waals surface area (Å²) in [5.74, 6) is 1.29. The van der Waals surface area contributed by atoms with Gasteiger partial charge in [-0.15, -0.1) is 0 Å². The van der Waals surface area contributed by atoms with E-state index in [1.54, 1.807) is 6.20 Å². The van der Waals surface area contributed by atoms with E-state index in [1.807, 2.05) is 30.3 Å². The number of aliphatic hydroxyl groups is 1. The summed E-state index contributed by atoms with van der Waals surface area (Å²) < 4.78 is 5.91. The Kier molecular flexibility index (Phi) is 6.14. The number of piperazine rings is 1. The normalized spacial score (nSPS) is 18.2. The lowest BCUT2D eigenvalue weighted by Gasteiger charge is -2.45. The van der Waals surface area contributed by atoms with E-state index in [2.05, 4.69) is 53.9 Å². The van der Waals surface area contributed by atoms with Crippen LogP contribution in [0.2, 0.25) is 0 Å². The fourth-order valence-electron chi connectivity index (χ4n) is 4.11. The average molecular weight is 421 g/mol. The van der Waals surface area contributed by atoms with Gasteiger partial charge in [-0.25, -0.2) is 4.98 Å². The zero-order valence-corrected chi connectivity index (χ0v) is 18.6. The number of nitrogen functional groups attached to an aromatic ring is 1. The number of hydrogen-bond donors (Lipinski definition) is 2. The molecule has 0 spiro atoms. The minimum atomic E-state index is -0.518. The lowest BCUT2D eigenvalue weighted by atomic mass is 9.99. The molecule has 164 valence electrons. The van der Waals surface area contributed by atoms with Crippen LogP contribution in [0.3, 0.4) is 0 Å². The summed E-state index contributed by atoms with van der Waals surface area (Å²) in [6.07, 6.45) is 1.27.